The number of carbonyl (C=O) groups excluding carboxylic acids is 2. The van der Waals surface area contributed by atoms with E-state index in [2.05, 4.69) is 10.4 Å². The first-order valence-corrected chi connectivity index (χ1v) is 8.39. The smallest absolute Gasteiger partial charge is 0.267 e. The van der Waals surface area contributed by atoms with E-state index in [4.69, 9.17) is 23.8 Å². The molecule has 0 saturated carbocycles. The van der Waals surface area contributed by atoms with Crippen molar-refractivity contribution >= 4 is 57.8 Å². The number of pyridine rings is 1. The van der Waals surface area contributed by atoms with Gasteiger partial charge >= 0.3 is 0 Å². The molecule has 2 heterocycles. The zero-order valence-electron chi connectivity index (χ0n) is 12.1. The molecule has 8 heteroatoms. The monoisotopic (exact) mass is 375 g/mol. The number of halogens is 1. The van der Waals surface area contributed by atoms with Crippen molar-refractivity contribution in [3.8, 4) is 0 Å². The lowest BCUT2D eigenvalue weighted by Gasteiger charge is -2.15. The Kier molecular flexibility index (Phi) is 4.94. The number of hydrazine groups is 1. The molecule has 24 heavy (non-hydrogen) atoms. The van der Waals surface area contributed by atoms with E-state index < -0.39 is 5.91 Å². The lowest BCUT2D eigenvalue weighted by atomic mass is 10.2. The Balaban J connectivity index is 1.77. The summed E-state index contributed by atoms with van der Waals surface area (Å²) < 4.78 is 0.262. The van der Waals surface area contributed by atoms with E-state index in [0.717, 1.165) is 22.3 Å². The third-order valence-corrected chi connectivity index (χ3v) is 4.65. The highest BCUT2D eigenvalue weighted by atomic mass is 35.5. The summed E-state index contributed by atoms with van der Waals surface area (Å²) in [5.41, 5.74) is 3.66. The molecule has 1 aromatic heterocycles. The van der Waals surface area contributed by atoms with Gasteiger partial charge in [-0.05, 0) is 48.1 Å². The Bertz CT molecular complexity index is 838. The zero-order chi connectivity index (χ0) is 17.1. The first-order chi connectivity index (χ1) is 11.5. The van der Waals surface area contributed by atoms with Crippen molar-refractivity contribution < 1.29 is 9.59 Å². The molecule has 1 saturated heterocycles. The maximum atomic E-state index is 12.4. The normalized spacial score (nSPS) is 15.9. The van der Waals surface area contributed by atoms with Gasteiger partial charge in [0.25, 0.3) is 11.8 Å². The third kappa shape index (κ3) is 3.64. The first kappa shape index (κ1) is 16.6. The summed E-state index contributed by atoms with van der Waals surface area (Å²) in [6.07, 6.45) is 4.67. The number of thiocarbonyl (C=S) groups is 1. The van der Waals surface area contributed by atoms with Gasteiger partial charge in [0, 0.05) is 17.4 Å². The number of hydrogen-bond acceptors (Lipinski definition) is 5. The van der Waals surface area contributed by atoms with Crippen LogP contribution in [0.25, 0.3) is 6.08 Å². The highest BCUT2D eigenvalue weighted by Crippen LogP contribution is 2.31. The summed E-state index contributed by atoms with van der Waals surface area (Å²) in [6, 6.07) is 10.3. The molecule has 120 valence electrons. The number of nitrogens with zero attached hydrogens (tertiary/aromatic N) is 2. The maximum absolute atomic E-state index is 12.4. The number of rotatable bonds is 3. The summed E-state index contributed by atoms with van der Waals surface area (Å²) in [7, 11) is 0. The predicted molar refractivity (Wildman–Crippen MR) is 98.2 cm³/mol. The molecule has 1 aliphatic heterocycles. The van der Waals surface area contributed by atoms with Crippen LogP contribution in [0.5, 0.6) is 0 Å². The van der Waals surface area contributed by atoms with Crippen molar-refractivity contribution in [1.82, 2.24) is 15.4 Å². The molecular formula is C16H10ClN3O2S2. The van der Waals surface area contributed by atoms with Crippen LogP contribution < -0.4 is 5.43 Å². The molecule has 3 rings (SSSR count). The molecule has 0 bridgehead atoms. The highest BCUT2D eigenvalue weighted by molar-refractivity contribution is 8.26. The average Bonchev–Trinajstić information content (AvgIpc) is 2.85. The molecule has 1 aromatic carbocycles. The Morgan fingerprint density at radius 3 is 2.71 bits per heavy atom. The third-order valence-electron chi connectivity index (χ3n) is 3.10. The second kappa shape index (κ2) is 7.12. The van der Waals surface area contributed by atoms with Gasteiger partial charge < -0.3 is 0 Å². The van der Waals surface area contributed by atoms with E-state index in [1.165, 1.54) is 6.20 Å². The number of carbonyl (C=O) groups is 2. The van der Waals surface area contributed by atoms with Gasteiger partial charge in [-0.15, -0.1) is 0 Å². The number of aromatic nitrogens is 1. The van der Waals surface area contributed by atoms with Gasteiger partial charge in [0.05, 0.1) is 10.5 Å². The van der Waals surface area contributed by atoms with Crippen LogP contribution in [0.2, 0.25) is 5.02 Å². The van der Waals surface area contributed by atoms with Crippen LogP contribution in [-0.2, 0) is 4.79 Å². The van der Waals surface area contributed by atoms with Crippen LogP contribution in [0, 0.1) is 0 Å². The molecule has 1 fully saturated rings. The molecule has 0 unspecified atom stereocenters. The SMILES string of the molecule is O=C(NN1C(=O)/C(=C\c2ccc(Cl)cc2)SC1=S)c1cccnc1. The topological polar surface area (TPSA) is 62.3 Å². The summed E-state index contributed by atoms with van der Waals surface area (Å²) >= 11 is 12.1. The van der Waals surface area contributed by atoms with Gasteiger partial charge in [0.15, 0.2) is 4.32 Å². The number of nitrogens with one attached hydrogen (secondary N) is 1. The fourth-order valence-electron chi connectivity index (χ4n) is 1.94. The van der Waals surface area contributed by atoms with Gasteiger partial charge in [-0.2, -0.15) is 5.01 Å². The molecule has 0 atom stereocenters. The summed E-state index contributed by atoms with van der Waals surface area (Å²) in [4.78, 5) is 28.9. The van der Waals surface area contributed by atoms with Gasteiger partial charge in [-0.25, -0.2) is 0 Å². The largest absolute Gasteiger partial charge is 0.285 e. The Hall–Kier alpha value is -2.22. The minimum atomic E-state index is -0.452. The minimum absolute atomic E-state index is 0.262. The number of amides is 2. The van der Waals surface area contributed by atoms with Gasteiger partial charge in [0.1, 0.15) is 0 Å². The van der Waals surface area contributed by atoms with E-state index in [1.54, 1.807) is 48.7 Å². The highest BCUT2D eigenvalue weighted by Gasteiger charge is 2.33. The Morgan fingerprint density at radius 2 is 2.04 bits per heavy atom. The molecule has 2 aromatic rings. The van der Waals surface area contributed by atoms with Crippen molar-refractivity contribution in [3.63, 3.8) is 0 Å². The first-order valence-electron chi connectivity index (χ1n) is 6.79. The van der Waals surface area contributed by atoms with Crippen molar-refractivity contribution in [3.05, 3.63) is 69.8 Å². The van der Waals surface area contributed by atoms with Crippen molar-refractivity contribution in [2.24, 2.45) is 0 Å². The van der Waals surface area contributed by atoms with Crippen molar-refractivity contribution in [1.29, 1.82) is 0 Å². The Labute approximate surface area is 152 Å². The number of benzene rings is 1. The van der Waals surface area contributed by atoms with E-state index in [1.807, 2.05) is 0 Å². The molecule has 1 aliphatic rings. The lowest BCUT2D eigenvalue weighted by molar-refractivity contribution is -0.123. The van der Waals surface area contributed by atoms with Crippen LogP contribution in [0.4, 0.5) is 0 Å². The fraction of sp³-hybridized carbons (Fsp3) is 0. The van der Waals surface area contributed by atoms with Crippen molar-refractivity contribution in [2.45, 2.75) is 0 Å². The standard InChI is InChI=1S/C16H10ClN3O2S2/c17-12-5-3-10(4-6-12)8-13-15(22)20(16(23)24-13)19-14(21)11-2-1-7-18-9-11/h1-9H,(H,19,21)/b13-8+. The summed E-state index contributed by atoms with van der Waals surface area (Å²) in [5.74, 6) is -0.829. The van der Waals surface area contributed by atoms with Gasteiger partial charge in [-0.1, -0.05) is 35.5 Å². The molecule has 1 N–H and O–H groups in total. The van der Waals surface area contributed by atoms with Crippen LogP contribution >= 0.6 is 35.6 Å². The summed E-state index contributed by atoms with van der Waals surface area (Å²) in [5, 5.41) is 1.68. The second-order valence-corrected chi connectivity index (χ2v) is 6.86. The molecular weight excluding hydrogens is 366 g/mol. The number of hydrogen-bond donors (Lipinski definition) is 1. The van der Waals surface area contributed by atoms with E-state index >= 15 is 0 Å². The summed E-state index contributed by atoms with van der Waals surface area (Å²) in [6.45, 7) is 0. The van der Waals surface area contributed by atoms with Crippen LogP contribution in [0.1, 0.15) is 15.9 Å². The number of thioether (sulfide) groups is 1. The second-order valence-electron chi connectivity index (χ2n) is 4.75. The van der Waals surface area contributed by atoms with Gasteiger partial charge in [0.2, 0.25) is 0 Å². The average molecular weight is 376 g/mol. The Morgan fingerprint density at radius 1 is 1.29 bits per heavy atom. The molecule has 0 spiro atoms. The quantitative estimate of drug-likeness (QED) is 0.659. The predicted octanol–water partition coefficient (Wildman–Crippen LogP) is 3.28. The van der Waals surface area contributed by atoms with Crippen LogP contribution in [0.3, 0.4) is 0 Å². The zero-order valence-corrected chi connectivity index (χ0v) is 14.5. The van der Waals surface area contributed by atoms with E-state index in [-0.39, 0.29) is 10.2 Å². The maximum Gasteiger partial charge on any atom is 0.285 e. The van der Waals surface area contributed by atoms with Crippen LogP contribution in [-0.4, -0.2) is 26.1 Å². The van der Waals surface area contributed by atoms with E-state index in [9.17, 15) is 9.59 Å². The minimum Gasteiger partial charge on any atom is -0.267 e. The molecule has 0 aliphatic carbocycles. The van der Waals surface area contributed by atoms with E-state index in [0.29, 0.717) is 15.5 Å². The lowest BCUT2D eigenvalue weighted by Crippen LogP contribution is -2.44. The molecule has 2 amide bonds. The van der Waals surface area contributed by atoms with Crippen LogP contribution in [0.15, 0.2) is 53.7 Å². The van der Waals surface area contributed by atoms with Crippen molar-refractivity contribution in [2.75, 3.05) is 0 Å². The molecule has 0 radical (unpaired) electrons. The molecule has 5 nitrogen and oxygen atoms in total. The van der Waals surface area contributed by atoms with Gasteiger partial charge in [-0.3, -0.25) is 20.0 Å². The fourth-order valence-corrected chi connectivity index (χ4v) is 3.24.